The normalized spacial score (nSPS) is 16.4. The number of rotatable bonds is 1. The Hall–Kier alpha value is -1.53. The monoisotopic (exact) mass is 264 g/mol. The lowest BCUT2D eigenvalue weighted by Gasteiger charge is -2.33. The van der Waals surface area contributed by atoms with Gasteiger partial charge in [0.15, 0.2) is 5.11 Å². The molecule has 1 N–H and O–H groups in total. The first-order chi connectivity index (χ1) is 8.66. The fraction of sp³-hybridized carbons (Fsp3) is 0.417. The highest BCUT2D eigenvalue weighted by Gasteiger charge is 2.18. The van der Waals surface area contributed by atoms with Crippen LogP contribution in [0.1, 0.15) is 10.4 Å². The number of carbonyl (C=O) groups excluding carboxylic acids is 1. The second kappa shape index (κ2) is 5.88. The molecule has 0 aromatic carbocycles. The van der Waals surface area contributed by atoms with Gasteiger partial charge in [-0.15, -0.1) is 0 Å². The molecule has 96 valence electrons. The summed E-state index contributed by atoms with van der Waals surface area (Å²) in [6, 6.07) is 3.45. The van der Waals surface area contributed by atoms with Crippen LogP contribution in [0.5, 0.6) is 0 Å². The van der Waals surface area contributed by atoms with Crippen LogP contribution in [-0.2, 0) is 0 Å². The van der Waals surface area contributed by atoms with E-state index in [4.69, 9.17) is 12.2 Å². The molecule has 2 rings (SSSR count). The average Bonchev–Trinajstić information content (AvgIpc) is 2.40. The Kier molecular flexibility index (Phi) is 4.22. The van der Waals surface area contributed by atoms with Crippen LogP contribution in [0.3, 0.4) is 0 Å². The molecular formula is C12H16N4OS. The van der Waals surface area contributed by atoms with Crippen molar-refractivity contribution in [2.45, 2.75) is 0 Å². The van der Waals surface area contributed by atoms with Crippen molar-refractivity contribution in [2.24, 2.45) is 0 Å². The summed E-state index contributed by atoms with van der Waals surface area (Å²) < 4.78 is 0. The van der Waals surface area contributed by atoms with Crippen molar-refractivity contribution < 1.29 is 4.79 Å². The van der Waals surface area contributed by atoms with Crippen molar-refractivity contribution in [3.63, 3.8) is 0 Å². The first-order valence-electron chi connectivity index (χ1n) is 5.85. The summed E-state index contributed by atoms with van der Waals surface area (Å²) in [4.78, 5) is 20.1. The Balaban J connectivity index is 1.90. The third-order valence-corrected chi connectivity index (χ3v) is 3.29. The number of thiocarbonyl (C=S) groups is 1. The minimum absolute atomic E-state index is 0.202. The highest BCUT2D eigenvalue weighted by molar-refractivity contribution is 7.80. The van der Waals surface area contributed by atoms with Crippen molar-refractivity contribution >= 4 is 23.2 Å². The number of likely N-dealkylation sites (N-methyl/N-ethyl adjacent to an activating group) is 1. The highest BCUT2D eigenvalue weighted by atomic mass is 32.1. The molecule has 1 fully saturated rings. The van der Waals surface area contributed by atoms with Crippen molar-refractivity contribution in [2.75, 3.05) is 33.2 Å². The van der Waals surface area contributed by atoms with Gasteiger partial charge in [0.2, 0.25) is 0 Å². The molecule has 0 unspecified atom stereocenters. The van der Waals surface area contributed by atoms with Gasteiger partial charge in [-0.1, -0.05) is 0 Å². The molecule has 1 aromatic rings. The number of nitrogens with one attached hydrogen (secondary N) is 1. The Morgan fingerprint density at radius 1 is 1.39 bits per heavy atom. The molecule has 5 nitrogen and oxygen atoms in total. The summed E-state index contributed by atoms with van der Waals surface area (Å²) in [7, 11) is 2.08. The molecule has 1 saturated heterocycles. The van der Waals surface area contributed by atoms with E-state index in [1.54, 1.807) is 18.3 Å². The van der Waals surface area contributed by atoms with E-state index in [1.807, 2.05) is 4.90 Å². The number of piperazine rings is 1. The number of nitrogens with zero attached hydrogens (tertiary/aromatic N) is 3. The van der Waals surface area contributed by atoms with Gasteiger partial charge in [-0.3, -0.25) is 15.1 Å². The van der Waals surface area contributed by atoms with Crippen LogP contribution in [0.4, 0.5) is 0 Å². The van der Waals surface area contributed by atoms with E-state index in [-0.39, 0.29) is 5.91 Å². The van der Waals surface area contributed by atoms with E-state index in [0.717, 1.165) is 26.2 Å². The van der Waals surface area contributed by atoms with Crippen molar-refractivity contribution in [1.29, 1.82) is 0 Å². The molecule has 0 spiro atoms. The molecule has 6 heteroatoms. The van der Waals surface area contributed by atoms with E-state index >= 15 is 0 Å². The van der Waals surface area contributed by atoms with Gasteiger partial charge in [0.05, 0.1) is 5.56 Å². The molecule has 18 heavy (non-hydrogen) atoms. The molecule has 0 aliphatic carbocycles. The Bertz CT molecular complexity index is 429. The van der Waals surface area contributed by atoms with Gasteiger partial charge < -0.3 is 9.80 Å². The van der Waals surface area contributed by atoms with Crippen molar-refractivity contribution in [3.05, 3.63) is 30.1 Å². The molecule has 0 atom stereocenters. The van der Waals surface area contributed by atoms with E-state index in [2.05, 4.69) is 22.2 Å². The number of pyridine rings is 1. The Morgan fingerprint density at radius 3 is 2.72 bits per heavy atom. The van der Waals surface area contributed by atoms with E-state index in [0.29, 0.717) is 10.7 Å². The van der Waals surface area contributed by atoms with Gasteiger partial charge in [0.1, 0.15) is 0 Å². The largest absolute Gasteiger partial charge is 0.346 e. The van der Waals surface area contributed by atoms with Gasteiger partial charge in [0.25, 0.3) is 5.91 Å². The first-order valence-corrected chi connectivity index (χ1v) is 6.26. The van der Waals surface area contributed by atoms with E-state index in [9.17, 15) is 4.79 Å². The van der Waals surface area contributed by atoms with Crippen LogP contribution < -0.4 is 5.32 Å². The summed E-state index contributed by atoms with van der Waals surface area (Å²) >= 11 is 5.24. The standard InChI is InChI=1S/C12H16N4OS/c1-15-5-7-16(8-6-15)12(18)14-11(17)10-3-2-4-13-9-10/h2-4,9H,5-8H2,1H3,(H,14,17,18). The third kappa shape index (κ3) is 3.24. The summed E-state index contributed by atoms with van der Waals surface area (Å²) in [5.74, 6) is -0.202. The summed E-state index contributed by atoms with van der Waals surface area (Å²) in [6.07, 6.45) is 3.16. The quantitative estimate of drug-likeness (QED) is 0.741. The zero-order chi connectivity index (χ0) is 13.0. The maximum absolute atomic E-state index is 11.9. The summed E-state index contributed by atoms with van der Waals surface area (Å²) in [5.41, 5.74) is 0.522. The zero-order valence-corrected chi connectivity index (χ0v) is 11.1. The molecule has 0 saturated carbocycles. The van der Waals surface area contributed by atoms with Gasteiger partial charge in [-0.25, -0.2) is 0 Å². The van der Waals surface area contributed by atoms with Gasteiger partial charge in [-0.2, -0.15) is 0 Å². The topological polar surface area (TPSA) is 48.5 Å². The summed E-state index contributed by atoms with van der Waals surface area (Å²) in [6.45, 7) is 3.62. The van der Waals surface area contributed by atoms with Crippen LogP contribution in [-0.4, -0.2) is 59.0 Å². The number of carbonyl (C=O) groups is 1. The van der Waals surface area contributed by atoms with Gasteiger partial charge in [-0.05, 0) is 31.4 Å². The Morgan fingerprint density at radius 2 is 2.11 bits per heavy atom. The molecule has 2 heterocycles. The van der Waals surface area contributed by atoms with Crippen LogP contribution >= 0.6 is 12.2 Å². The maximum Gasteiger partial charge on any atom is 0.258 e. The van der Waals surface area contributed by atoms with E-state index < -0.39 is 0 Å². The molecule has 0 bridgehead atoms. The molecule has 1 amide bonds. The minimum atomic E-state index is -0.202. The molecule has 1 aliphatic rings. The fourth-order valence-corrected chi connectivity index (χ4v) is 2.03. The number of hydrogen-bond donors (Lipinski definition) is 1. The second-order valence-electron chi connectivity index (χ2n) is 4.29. The van der Waals surface area contributed by atoms with Crippen LogP contribution in [0.2, 0.25) is 0 Å². The van der Waals surface area contributed by atoms with Crippen molar-refractivity contribution in [3.8, 4) is 0 Å². The van der Waals surface area contributed by atoms with Crippen LogP contribution in [0.15, 0.2) is 24.5 Å². The maximum atomic E-state index is 11.9. The first kappa shape index (κ1) is 12.9. The fourth-order valence-electron chi connectivity index (χ4n) is 1.75. The minimum Gasteiger partial charge on any atom is -0.346 e. The third-order valence-electron chi connectivity index (χ3n) is 2.93. The number of aromatic nitrogens is 1. The van der Waals surface area contributed by atoms with E-state index in [1.165, 1.54) is 6.20 Å². The van der Waals surface area contributed by atoms with Crippen LogP contribution in [0, 0.1) is 0 Å². The Labute approximate surface area is 112 Å². The van der Waals surface area contributed by atoms with Gasteiger partial charge in [0, 0.05) is 38.6 Å². The predicted octanol–water partition coefficient (Wildman–Crippen LogP) is 0.344. The SMILES string of the molecule is CN1CCN(C(=S)NC(=O)c2cccnc2)CC1. The number of hydrogen-bond acceptors (Lipinski definition) is 4. The number of amides is 1. The van der Waals surface area contributed by atoms with Crippen molar-refractivity contribution in [1.82, 2.24) is 20.1 Å². The lowest BCUT2D eigenvalue weighted by molar-refractivity contribution is 0.0970. The van der Waals surface area contributed by atoms with Gasteiger partial charge >= 0.3 is 0 Å². The molecule has 0 radical (unpaired) electrons. The molecule has 1 aromatic heterocycles. The summed E-state index contributed by atoms with van der Waals surface area (Å²) in [5, 5.41) is 3.24. The predicted molar refractivity (Wildman–Crippen MR) is 73.4 cm³/mol. The van der Waals surface area contributed by atoms with Crippen LogP contribution in [0.25, 0.3) is 0 Å². The zero-order valence-electron chi connectivity index (χ0n) is 10.3. The highest BCUT2D eigenvalue weighted by Crippen LogP contribution is 2.01. The average molecular weight is 264 g/mol. The lowest BCUT2D eigenvalue weighted by Crippen LogP contribution is -2.51. The molecule has 1 aliphatic heterocycles. The second-order valence-corrected chi connectivity index (χ2v) is 4.68. The smallest absolute Gasteiger partial charge is 0.258 e. The molecular weight excluding hydrogens is 248 g/mol. The lowest BCUT2D eigenvalue weighted by atomic mass is 10.3.